The summed E-state index contributed by atoms with van der Waals surface area (Å²) in [5.74, 6) is 1.46. The maximum Gasteiger partial charge on any atom is 0.250 e. The van der Waals surface area contributed by atoms with Crippen molar-refractivity contribution in [1.29, 1.82) is 0 Å². The smallest absolute Gasteiger partial charge is 0.250 e. The predicted molar refractivity (Wildman–Crippen MR) is 60.7 cm³/mol. The van der Waals surface area contributed by atoms with Crippen LogP contribution in [-0.2, 0) is 6.42 Å². The van der Waals surface area contributed by atoms with Crippen LogP contribution in [0.3, 0.4) is 0 Å². The molecule has 2 aromatic rings. The van der Waals surface area contributed by atoms with E-state index in [0.717, 1.165) is 11.3 Å². The SMILES string of the molecule is COc1cccc(Cc2nccc(=O)[nH]2)c1. The predicted octanol–water partition coefficient (Wildman–Crippen LogP) is 1.37. The number of hydrogen-bond donors (Lipinski definition) is 1. The van der Waals surface area contributed by atoms with Gasteiger partial charge >= 0.3 is 0 Å². The molecule has 4 heteroatoms. The monoisotopic (exact) mass is 216 g/mol. The summed E-state index contributed by atoms with van der Waals surface area (Å²) in [7, 11) is 1.63. The van der Waals surface area contributed by atoms with Crippen molar-refractivity contribution in [2.75, 3.05) is 7.11 Å². The summed E-state index contributed by atoms with van der Waals surface area (Å²) in [4.78, 5) is 17.9. The van der Waals surface area contributed by atoms with Crippen LogP contribution in [0, 0.1) is 0 Å². The lowest BCUT2D eigenvalue weighted by Crippen LogP contribution is -2.09. The van der Waals surface area contributed by atoms with Crippen LogP contribution >= 0.6 is 0 Å². The summed E-state index contributed by atoms with van der Waals surface area (Å²) in [5, 5.41) is 0. The van der Waals surface area contributed by atoms with E-state index in [1.165, 1.54) is 12.3 Å². The Morgan fingerprint density at radius 3 is 3.00 bits per heavy atom. The summed E-state index contributed by atoms with van der Waals surface area (Å²) in [6, 6.07) is 9.08. The van der Waals surface area contributed by atoms with E-state index >= 15 is 0 Å². The third-order valence-corrected chi connectivity index (χ3v) is 2.23. The van der Waals surface area contributed by atoms with E-state index in [2.05, 4.69) is 9.97 Å². The summed E-state index contributed by atoms with van der Waals surface area (Å²) in [6.07, 6.45) is 2.10. The summed E-state index contributed by atoms with van der Waals surface area (Å²) in [6.45, 7) is 0. The fourth-order valence-corrected chi connectivity index (χ4v) is 1.48. The summed E-state index contributed by atoms with van der Waals surface area (Å²) < 4.78 is 5.12. The van der Waals surface area contributed by atoms with Crippen LogP contribution in [-0.4, -0.2) is 17.1 Å². The van der Waals surface area contributed by atoms with E-state index in [-0.39, 0.29) is 5.56 Å². The number of nitrogens with zero attached hydrogens (tertiary/aromatic N) is 1. The molecule has 1 N–H and O–H groups in total. The van der Waals surface area contributed by atoms with Gasteiger partial charge in [-0.15, -0.1) is 0 Å². The molecule has 4 nitrogen and oxygen atoms in total. The quantitative estimate of drug-likeness (QED) is 0.843. The van der Waals surface area contributed by atoms with Crippen molar-refractivity contribution in [1.82, 2.24) is 9.97 Å². The third kappa shape index (κ3) is 2.48. The molecule has 82 valence electrons. The average Bonchev–Trinajstić information content (AvgIpc) is 2.29. The fraction of sp³-hybridized carbons (Fsp3) is 0.167. The number of benzene rings is 1. The lowest BCUT2D eigenvalue weighted by atomic mass is 10.1. The molecule has 0 saturated carbocycles. The second kappa shape index (κ2) is 4.61. The van der Waals surface area contributed by atoms with Crippen LogP contribution in [0.2, 0.25) is 0 Å². The van der Waals surface area contributed by atoms with Gasteiger partial charge in [-0.05, 0) is 17.7 Å². The number of rotatable bonds is 3. The number of aromatic nitrogens is 2. The van der Waals surface area contributed by atoms with Gasteiger partial charge < -0.3 is 9.72 Å². The van der Waals surface area contributed by atoms with Gasteiger partial charge in [-0.25, -0.2) is 4.98 Å². The first kappa shape index (κ1) is 10.4. The van der Waals surface area contributed by atoms with Crippen molar-refractivity contribution in [2.24, 2.45) is 0 Å². The molecule has 0 aliphatic heterocycles. The maximum absolute atomic E-state index is 11.1. The fourth-order valence-electron chi connectivity index (χ4n) is 1.48. The zero-order valence-electron chi connectivity index (χ0n) is 8.93. The lowest BCUT2D eigenvalue weighted by molar-refractivity contribution is 0.414. The molecular formula is C12H12N2O2. The highest BCUT2D eigenvalue weighted by atomic mass is 16.5. The van der Waals surface area contributed by atoms with Crippen molar-refractivity contribution >= 4 is 0 Å². The van der Waals surface area contributed by atoms with E-state index in [9.17, 15) is 4.79 Å². The van der Waals surface area contributed by atoms with Crippen molar-refractivity contribution in [3.05, 3.63) is 58.3 Å². The summed E-state index contributed by atoms with van der Waals surface area (Å²) >= 11 is 0. The van der Waals surface area contributed by atoms with Crippen LogP contribution in [0.5, 0.6) is 5.75 Å². The number of ether oxygens (including phenoxy) is 1. The van der Waals surface area contributed by atoms with Crippen LogP contribution in [0.4, 0.5) is 0 Å². The van der Waals surface area contributed by atoms with E-state index in [4.69, 9.17) is 4.74 Å². The van der Waals surface area contributed by atoms with Crippen molar-refractivity contribution in [3.63, 3.8) is 0 Å². The van der Waals surface area contributed by atoms with E-state index in [1.807, 2.05) is 24.3 Å². The molecule has 0 radical (unpaired) electrons. The summed E-state index contributed by atoms with van der Waals surface area (Å²) in [5.41, 5.74) is 0.918. The Bertz CT molecular complexity index is 534. The Labute approximate surface area is 92.9 Å². The number of hydrogen-bond acceptors (Lipinski definition) is 3. The Hall–Kier alpha value is -2.10. The van der Waals surface area contributed by atoms with Gasteiger partial charge in [-0.3, -0.25) is 4.79 Å². The van der Waals surface area contributed by atoms with Gasteiger partial charge in [0, 0.05) is 18.7 Å². The minimum Gasteiger partial charge on any atom is -0.497 e. The second-order valence-corrected chi connectivity index (χ2v) is 3.41. The van der Waals surface area contributed by atoms with Gasteiger partial charge in [0.05, 0.1) is 7.11 Å². The molecule has 0 atom stereocenters. The highest BCUT2D eigenvalue weighted by Gasteiger charge is 1.99. The molecule has 1 heterocycles. The van der Waals surface area contributed by atoms with Gasteiger partial charge in [0.2, 0.25) is 0 Å². The minimum atomic E-state index is -0.132. The van der Waals surface area contributed by atoms with Crippen LogP contribution < -0.4 is 10.3 Å². The largest absolute Gasteiger partial charge is 0.497 e. The molecule has 0 aliphatic carbocycles. The van der Waals surface area contributed by atoms with Crippen LogP contribution in [0.25, 0.3) is 0 Å². The van der Waals surface area contributed by atoms with Gasteiger partial charge in [-0.1, -0.05) is 12.1 Å². The first-order valence-corrected chi connectivity index (χ1v) is 4.95. The van der Waals surface area contributed by atoms with Crippen LogP contribution in [0.15, 0.2) is 41.3 Å². The van der Waals surface area contributed by atoms with Gasteiger partial charge in [0.15, 0.2) is 0 Å². The third-order valence-electron chi connectivity index (χ3n) is 2.23. The molecule has 0 fully saturated rings. The number of nitrogens with one attached hydrogen (secondary N) is 1. The number of H-pyrrole nitrogens is 1. The lowest BCUT2D eigenvalue weighted by Gasteiger charge is -2.03. The average molecular weight is 216 g/mol. The van der Waals surface area contributed by atoms with Crippen molar-refractivity contribution in [3.8, 4) is 5.75 Å². The highest BCUT2D eigenvalue weighted by molar-refractivity contribution is 5.30. The van der Waals surface area contributed by atoms with Gasteiger partial charge in [-0.2, -0.15) is 0 Å². The Morgan fingerprint density at radius 2 is 2.25 bits per heavy atom. The Morgan fingerprint density at radius 1 is 1.38 bits per heavy atom. The van der Waals surface area contributed by atoms with Crippen LogP contribution in [0.1, 0.15) is 11.4 Å². The molecule has 0 aliphatic rings. The molecule has 1 aromatic heterocycles. The normalized spacial score (nSPS) is 10.1. The first-order valence-electron chi connectivity index (χ1n) is 4.95. The first-order chi connectivity index (χ1) is 7.78. The van der Waals surface area contributed by atoms with E-state index in [1.54, 1.807) is 7.11 Å². The van der Waals surface area contributed by atoms with E-state index < -0.39 is 0 Å². The topological polar surface area (TPSA) is 55.0 Å². The zero-order valence-corrected chi connectivity index (χ0v) is 8.93. The molecule has 2 rings (SSSR count). The zero-order chi connectivity index (χ0) is 11.4. The van der Waals surface area contributed by atoms with E-state index in [0.29, 0.717) is 12.2 Å². The molecule has 16 heavy (non-hydrogen) atoms. The molecule has 0 spiro atoms. The van der Waals surface area contributed by atoms with Gasteiger partial charge in [0.1, 0.15) is 11.6 Å². The number of methoxy groups -OCH3 is 1. The molecule has 1 aromatic carbocycles. The maximum atomic E-state index is 11.1. The molecule has 0 saturated heterocycles. The molecule has 0 unspecified atom stereocenters. The molecule has 0 amide bonds. The minimum absolute atomic E-state index is 0.132. The Kier molecular flexibility index (Phi) is 3.00. The number of aromatic amines is 1. The van der Waals surface area contributed by atoms with Crippen molar-refractivity contribution < 1.29 is 4.74 Å². The van der Waals surface area contributed by atoms with Crippen molar-refractivity contribution in [2.45, 2.75) is 6.42 Å². The Balaban J connectivity index is 2.23. The second-order valence-electron chi connectivity index (χ2n) is 3.41. The standard InChI is InChI=1S/C12H12N2O2/c1-16-10-4-2-3-9(7-10)8-11-13-6-5-12(15)14-11/h2-7H,8H2,1H3,(H,13,14,15). The van der Waals surface area contributed by atoms with Gasteiger partial charge in [0.25, 0.3) is 5.56 Å². The molecular weight excluding hydrogens is 204 g/mol. The highest BCUT2D eigenvalue weighted by Crippen LogP contribution is 2.14. The molecule has 0 bridgehead atoms.